The third kappa shape index (κ3) is 6.69. The predicted molar refractivity (Wildman–Crippen MR) is 106 cm³/mol. The molecule has 5 heteroatoms. The van der Waals surface area contributed by atoms with Crippen molar-refractivity contribution in [3.8, 4) is 0 Å². The second kappa shape index (κ2) is 14.2. The van der Waals surface area contributed by atoms with Gasteiger partial charge in [-0.2, -0.15) is 0 Å². The number of nitrogens with one attached hydrogen (secondary N) is 1. The van der Waals surface area contributed by atoms with E-state index in [1.54, 1.807) is 25.3 Å². The zero-order valence-electron chi connectivity index (χ0n) is 17.0. The van der Waals surface area contributed by atoms with Crippen LogP contribution in [0.1, 0.15) is 74.3 Å². The molecule has 5 nitrogen and oxygen atoms in total. The molecule has 0 spiro atoms. The Hall–Kier alpha value is -2.17. The third-order valence-electron chi connectivity index (χ3n) is 3.34. The molecule has 2 amide bonds. The number of rotatable bonds is 1. The van der Waals surface area contributed by atoms with Crippen LogP contribution in [0.4, 0.5) is 0 Å². The van der Waals surface area contributed by atoms with Gasteiger partial charge in [0, 0.05) is 17.8 Å². The summed E-state index contributed by atoms with van der Waals surface area (Å²) < 4.78 is 1.41. The highest BCUT2D eigenvalue weighted by atomic mass is 16.2. The van der Waals surface area contributed by atoms with Gasteiger partial charge in [-0.15, -0.1) is 0 Å². The first kappa shape index (κ1) is 25.1. The lowest BCUT2D eigenvalue weighted by Gasteiger charge is -2.22. The Morgan fingerprint density at radius 2 is 1.56 bits per heavy atom. The number of carbonyl (C=O) groups excluding carboxylic acids is 2. The van der Waals surface area contributed by atoms with Crippen molar-refractivity contribution in [2.75, 3.05) is 0 Å². The Bertz CT molecular complexity index is 703. The summed E-state index contributed by atoms with van der Waals surface area (Å²) in [6.07, 6.45) is 5.83. The van der Waals surface area contributed by atoms with Crippen molar-refractivity contribution >= 4 is 24.0 Å². The van der Waals surface area contributed by atoms with Gasteiger partial charge in [-0.1, -0.05) is 53.7 Å². The summed E-state index contributed by atoms with van der Waals surface area (Å²) in [5.74, 6) is -0.691. The Morgan fingerprint density at radius 1 is 1.00 bits per heavy atom. The molecular formula is C20H34N2O3. The Balaban J connectivity index is 0. The van der Waals surface area contributed by atoms with Gasteiger partial charge in [0.15, 0.2) is 0 Å². The average molecular weight is 351 g/mol. The summed E-state index contributed by atoms with van der Waals surface area (Å²) in [5.41, 5.74) is -0.201. The third-order valence-corrected chi connectivity index (χ3v) is 3.34. The fourth-order valence-corrected chi connectivity index (χ4v) is 2.32. The number of nitrogens with zero attached hydrogens (tertiary/aromatic N) is 1. The summed E-state index contributed by atoms with van der Waals surface area (Å²) in [6, 6.07) is 1.20. The van der Waals surface area contributed by atoms with Crippen LogP contribution in [0.5, 0.6) is 0 Å². The summed E-state index contributed by atoms with van der Waals surface area (Å²) in [5, 5.41) is 3.69. The van der Waals surface area contributed by atoms with E-state index in [2.05, 4.69) is 5.32 Å². The highest BCUT2D eigenvalue weighted by Crippen LogP contribution is 2.15. The smallest absolute Gasteiger partial charge is 0.258 e. The van der Waals surface area contributed by atoms with E-state index in [0.29, 0.717) is 11.6 Å². The molecule has 2 heterocycles. The van der Waals surface area contributed by atoms with E-state index in [9.17, 15) is 14.4 Å². The van der Waals surface area contributed by atoms with Gasteiger partial charge in [0.2, 0.25) is 11.8 Å². The molecule has 0 bridgehead atoms. The summed E-state index contributed by atoms with van der Waals surface area (Å²) in [7, 11) is 0. The second-order valence-electron chi connectivity index (χ2n) is 4.44. The van der Waals surface area contributed by atoms with Gasteiger partial charge in [-0.3, -0.25) is 19.7 Å². The number of pyridine rings is 1. The minimum Gasteiger partial charge on any atom is -0.302 e. The maximum Gasteiger partial charge on any atom is 0.258 e. The van der Waals surface area contributed by atoms with E-state index in [-0.39, 0.29) is 17.9 Å². The zero-order chi connectivity index (χ0) is 20.0. The van der Waals surface area contributed by atoms with Crippen molar-refractivity contribution in [2.45, 2.75) is 74.3 Å². The van der Waals surface area contributed by atoms with E-state index in [0.717, 1.165) is 5.22 Å². The number of imide groups is 1. The minimum absolute atomic E-state index is 0.201. The van der Waals surface area contributed by atoms with Gasteiger partial charge in [0.1, 0.15) is 6.04 Å². The molecule has 25 heavy (non-hydrogen) atoms. The van der Waals surface area contributed by atoms with Crippen LogP contribution in [0.3, 0.4) is 0 Å². The van der Waals surface area contributed by atoms with Crippen molar-refractivity contribution in [2.24, 2.45) is 0 Å². The van der Waals surface area contributed by atoms with E-state index in [1.165, 1.54) is 4.57 Å². The van der Waals surface area contributed by atoms with Crippen LogP contribution in [-0.2, 0) is 9.59 Å². The minimum atomic E-state index is -0.602. The molecule has 1 aromatic rings. The molecule has 0 aliphatic carbocycles. The number of piperidine rings is 1. The Kier molecular flexibility index (Phi) is 14.2. The molecule has 142 valence electrons. The van der Waals surface area contributed by atoms with E-state index >= 15 is 0 Å². The maximum absolute atomic E-state index is 12.4. The van der Waals surface area contributed by atoms with Crippen molar-refractivity contribution in [3.05, 3.63) is 33.1 Å². The molecule has 1 aromatic heterocycles. The molecule has 0 radical (unpaired) electrons. The zero-order valence-corrected chi connectivity index (χ0v) is 17.0. The van der Waals surface area contributed by atoms with Crippen molar-refractivity contribution < 1.29 is 9.59 Å². The topological polar surface area (TPSA) is 68.2 Å². The monoisotopic (exact) mass is 350 g/mol. The summed E-state index contributed by atoms with van der Waals surface area (Å²) >= 11 is 0. The molecule has 1 unspecified atom stereocenters. The van der Waals surface area contributed by atoms with E-state index < -0.39 is 11.9 Å². The molecule has 0 saturated carbocycles. The molecule has 0 aromatic carbocycles. The highest BCUT2D eigenvalue weighted by molar-refractivity contribution is 5.99. The lowest BCUT2D eigenvalue weighted by Crippen LogP contribution is -2.50. The van der Waals surface area contributed by atoms with Crippen molar-refractivity contribution in [1.82, 2.24) is 9.88 Å². The van der Waals surface area contributed by atoms with Gasteiger partial charge in [0.25, 0.3) is 5.56 Å². The van der Waals surface area contributed by atoms with E-state index in [1.807, 2.05) is 54.5 Å². The summed E-state index contributed by atoms with van der Waals surface area (Å²) in [6.45, 7) is 15.6. The van der Waals surface area contributed by atoms with Crippen molar-refractivity contribution in [1.29, 1.82) is 0 Å². The maximum atomic E-state index is 12.4. The molecule has 1 N–H and O–H groups in total. The number of hydrogen-bond acceptors (Lipinski definition) is 3. The van der Waals surface area contributed by atoms with Crippen LogP contribution in [0.15, 0.2) is 17.1 Å². The molecule has 2 rings (SSSR count). The number of carbonyl (C=O) groups is 2. The molecule has 1 saturated heterocycles. The first-order valence-electron chi connectivity index (χ1n) is 9.26. The largest absolute Gasteiger partial charge is 0.302 e. The number of hydrogen-bond donors (Lipinski definition) is 1. The van der Waals surface area contributed by atoms with Crippen LogP contribution in [0.2, 0.25) is 0 Å². The van der Waals surface area contributed by atoms with Crippen LogP contribution in [0.25, 0.3) is 12.2 Å². The molecule has 1 aliphatic rings. The molecular weight excluding hydrogens is 316 g/mol. The number of amides is 2. The first-order chi connectivity index (χ1) is 12.1. The normalized spacial score (nSPS) is 17.2. The van der Waals surface area contributed by atoms with Gasteiger partial charge >= 0.3 is 0 Å². The lowest BCUT2D eigenvalue weighted by atomic mass is 10.1. The molecule has 1 atom stereocenters. The lowest BCUT2D eigenvalue weighted by molar-refractivity contribution is -0.135. The highest BCUT2D eigenvalue weighted by Gasteiger charge is 2.28. The quantitative estimate of drug-likeness (QED) is 0.791. The van der Waals surface area contributed by atoms with Crippen LogP contribution < -0.4 is 21.3 Å². The van der Waals surface area contributed by atoms with Gasteiger partial charge in [-0.25, -0.2) is 0 Å². The Morgan fingerprint density at radius 3 is 2.00 bits per heavy atom. The molecule has 1 aliphatic heterocycles. The first-order valence-corrected chi connectivity index (χ1v) is 9.26. The molecule has 1 fully saturated rings. The fourth-order valence-electron chi connectivity index (χ4n) is 2.32. The van der Waals surface area contributed by atoms with Crippen LogP contribution >= 0.6 is 0 Å². The number of aromatic nitrogens is 1. The fraction of sp³-hybridized carbons (Fsp3) is 0.550. The van der Waals surface area contributed by atoms with Crippen LogP contribution in [0, 0.1) is 0 Å². The van der Waals surface area contributed by atoms with Gasteiger partial charge in [0.05, 0.1) is 0 Å². The van der Waals surface area contributed by atoms with Crippen molar-refractivity contribution in [3.63, 3.8) is 0 Å². The average Bonchev–Trinajstić information content (AvgIpc) is 2.67. The van der Waals surface area contributed by atoms with Crippen LogP contribution in [-0.4, -0.2) is 16.4 Å². The van der Waals surface area contributed by atoms with E-state index in [4.69, 9.17) is 0 Å². The summed E-state index contributed by atoms with van der Waals surface area (Å²) in [4.78, 5) is 35.3. The second-order valence-corrected chi connectivity index (χ2v) is 4.44. The predicted octanol–water partition coefficient (Wildman–Crippen LogP) is 2.51. The SMILES string of the molecule is C/C=c1/ccn(C2CCC(=O)NC2=O)c(=O)/c1=C/C.CC.CC.CC. The Labute approximate surface area is 151 Å². The standard InChI is InChI=1S/C14H16N2O3.3C2H6/c1-3-9-7-8-16(14(19)10(9)4-2)11-5-6-12(17)15-13(11)18;3*1-2/h3-4,7-8,11H,5-6H2,1-2H3,(H,15,17,18);3*1-2H3/b9-3-,10-4+;;;. The van der Waals surface area contributed by atoms with Gasteiger partial charge < -0.3 is 4.57 Å². The van der Waals surface area contributed by atoms with Gasteiger partial charge in [-0.05, 0) is 31.6 Å².